The van der Waals surface area contributed by atoms with Gasteiger partial charge >= 0.3 is 0 Å². The zero-order chi connectivity index (χ0) is 17.3. The molecule has 2 aliphatic heterocycles. The molecule has 0 bridgehead atoms. The van der Waals surface area contributed by atoms with E-state index in [1.165, 1.54) is 11.3 Å². The molecule has 3 rings (SSSR count). The van der Waals surface area contributed by atoms with Gasteiger partial charge in [-0.1, -0.05) is 0 Å². The first-order chi connectivity index (χ1) is 11.5. The molecule has 0 aromatic carbocycles. The third kappa shape index (κ3) is 2.70. The van der Waals surface area contributed by atoms with Crippen molar-refractivity contribution in [2.45, 2.75) is 31.8 Å². The van der Waals surface area contributed by atoms with E-state index in [0.717, 1.165) is 0 Å². The van der Waals surface area contributed by atoms with Crippen LogP contribution in [0, 0.1) is 11.3 Å². The standard InChI is InChI=1S/C17H22N4O2S/c1-13(2)21-9-8-20(7-5-18)17(16(21)23)4-6-19(12-17)15(22)14-3-10-24-11-14/h3,10-11,13H,4,6-9,12H2,1-2H3/t17-/m1/s1. The number of hydrogen-bond donors (Lipinski definition) is 0. The Labute approximate surface area is 146 Å². The van der Waals surface area contributed by atoms with Gasteiger partial charge in [-0.15, -0.1) is 0 Å². The lowest BCUT2D eigenvalue weighted by Crippen LogP contribution is -2.68. The van der Waals surface area contributed by atoms with Crippen molar-refractivity contribution in [1.82, 2.24) is 14.7 Å². The van der Waals surface area contributed by atoms with Crippen LogP contribution in [0.25, 0.3) is 0 Å². The lowest BCUT2D eigenvalue weighted by atomic mass is 9.90. The Balaban J connectivity index is 1.86. The maximum atomic E-state index is 13.2. The van der Waals surface area contributed by atoms with E-state index in [2.05, 4.69) is 6.07 Å². The van der Waals surface area contributed by atoms with Crippen molar-refractivity contribution < 1.29 is 9.59 Å². The molecule has 0 radical (unpaired) electrons. The van der Waals surface area contributed by atoms with Crippen molar-refractivity contribution in [2.75, 3.05) is 32.7 Å². The third-order valence-electron chi connectivity index (χ3n) is 5.06. The molecule has 1 spiro atoms. The van der Waals surface area contributed by atoms with Gasteiger partial charge in [0.05, 0.1) is 18.2 Å². The largest absolute Gasteiger partial charge is 0.337 e. The van der Waals surface area contributed by atoms with E-state index in [1.54, 1.807) is 4.90 Å². The third-order valence-corrected chi connectivity index (χ3v) is 5.75. The molecule has 128 valence electrons. The SMILES string of the molecule is CC(C)N1CCN(CC#N)[C@@]2(CCN(C(=O)c3ccsc3)C2)C1=O. The molecule has 1 atom stereocenters. The molecular weight excluding hydrogens is 324 g/mol. The Morgan fingerprint density at radius 2 is 2.21 bits per heavy atom. The summed E-state index contributed by atoms with van der Waals surface area (Å²) in [5.41, 5.74) is -0.0722. The predicted molar refractivity (Wildman–Crippen MR) is 91.6 cm³/mol. The summed E-state index contributed by atoms with van der Waals surface area (Å²) in [5, 5.41) is 12.9. The lowest BCUT2D eigenvalue weighted by Gasteiger charge is -2.48. The molecule has 6 nitrogen and oxygen atoms in total. The molecule has 3 heterocycles. The molecule has 1 aromatic heterocycles. The molecule has 2 saturated heterocycles. The quantitative estimate of drug-likeness (QED) is 0.776. The monoisotopic (exact) mass is 346 g/mol. The molecule has 2 aliphatic rings. The molecule has 0 N–H and O–H groups in total. The summed E-state index contributed by atoms with van der Waals surface area (Å²) in [7, 11) is 0. The second-order valence-electron chi connectivity index (χ2n) is 6.69. The first kappa shape index (κ1) is 16.9. The molecular formula is C17H22N4O2S. The summed E-state index contributed by atoms with van der Waals surface area (Å²) in [4.78, 5) is 31.4. The number of thiophene rings is 1. The first-order valence-corrected chi connectivity index (χ1v) is 9.18. The van der Waals surface area contributed by atoms with Crippen LogP contribution in [0.1, 0.15) is 30.6 Å². The van der Waals surface area contributed by atoms with Crippen LogP contribution >= 0.6 is 11.3 Å². The zero-order valence-electron chi connectivity index (χ0n) is 14.1. The van der Waals surface area contributed by atoms with Crippen LogP contribution in [0.15, 0.2) is 16.8 Å². The van der Waals surface area contributed by atoms with Crippen molar-refractivity contribution in [3.63, 3.8) is 0 Å². The Bertz CT molecular complexity index is 667. The van der Waals surface area contributed by atoms with Crippen LogP contribution in [-0.4, -0.2) is 70.8 Å². The number of hydrogen-bond acceptors (Lipinski definition) is 5. The number of amides is 2. The van der Waals surface area contributed by atoms with Crippen molar-refractivity contribution in [3.8, 4) is 6.07 Å². The first-order valence-electron chi connectivity index (χ1n) is 8.24. The van der Waals surface area contributed by atoms with Gasteiger partial charge in [-0.25, -0.2) is 0 Å². The van der Waals surface area contributed by atoms with E-state index in [1.807, 2.05) is 40.5 Å². The topological polar surface area (TPSA) is 67.7 Å². The summed E-state index contributed by atoms with van der Waals surface area (Å²) in [6.45, 7) is 6.47. The van der Waals surface area contributed by atoms with Crippen molar-refractivity contribution >= 4 is 23.2 Å². The Morgan fingerprint density at radius 3 is 2.83 bits per heavy atom. The molecule has 1 aromatic rings. The Kier molecular flexibility index (Phi) is 4.61. The van der Waals surface area contributed by atoms with E-state index < -0.39 is 5.54 Å². The maximum absolute atomic E-state index is 13.2. The summed E-state index contributed by atoms with van der Waals surface area (Å²) in [6.07, 6.45) is 0.590. The fraction of sp³-hybridized carbons (Fsp3) is 0.588. The van der Waals surface area contributed by atoms with Gasteiger partial charge in [0, 0.05) is 37.6 Å². The van der Waals surface area contributed by atoms with E-state index in [0.29, 0.717) is 38.2 Å². The van der Waals surface area contributed by atoms with Gasteiger partial charge in [-0.05, 0) is 31.7 Å². The van der Waals surface area contributed by atoms with Crippen molar-refractivity contribution in [1.29, 1.82) is 5.26 Å². The van der Waals surface area contributed by atoms with Crippen molar-refractivity contribution in [2.24, 2.45) is 0 Å². The van der Waals surface area contributed by atoms with E-state index in [9.17, 15) is 9.59 Å². The minimum absolute atomic E-state index is 0.0282. The average molecular weight is 346 g/mol. The van der Waals surface area contributed by atoms with Crippen LogP contribution < -0.4 is 0 Å². The summed E-state index contributed by atoms with van der Waals surface area (Å²) < 4.78 is 0. The fourth-order valence-electron chi connectivity index (χ4n) is 3.72. The number of carbonyl (C=O) groups excluding carboxylic acids is 2. The molecule has 2 amide bonds. The van der Waals surface area contributed by atoms with E-state index in [4.69, 9.17) is 5.26 Å². The van der Waals surface area contributed by atoms with Crippen LogP contribution in [0.4, 0.5) is 0 Å². The molecule has 7 heteroatoms. The highest BCUT2D eigenvalue weighted by Gasteiger charge is 2.54. The van der Waals surface area contributed by atoms with Gasteiger partial charge in [0.2, 0.25) is 5.91 Å². The van der Waals surface area contributed by atoms with Crippen LogP contribution in [0.3, 0.4) is 0 Å². The number of nitriles is 1. The molecule has 2 fully saturated rings. The minimum atomic E-state index is -0.746. The van der Waals surface area contributed by atoms with Gasteiger partial charge in [0.15, 0.2) is 0 Å². The molecule has 0 unspecified atom stereocenters. The van der Waals surface area contributed by atoms with Gasteiger partial charge in [-0.2, -0.15) is 16.6 Å². The van der Waals surface area contributed by atoms with E-state index >= 15 is 0 Å². The van der Waals surface area contributed by atoms with E-state index in [-0.39, 0.29) is 24.4 Å². The normalized spacial score (nSPS) is 24.8. The Hall–Kier alpha value is -1.91. The second-order valence-corrected chi connectivity index (χ2v) is 7.47. The average Bonchev–Trinajstić information content (AvgIpc) is 3.22. The number of likely N-dealkylation sites (tertiary alicyclic amines) is 1. The zero-order valence-corrected chi connectivity index (χ0v) is 14.9. The lowest BCUT2D eigenvalue weighted by molar-refractivity contribution is -0.152. The predicted octanol–water partition coefficient (Wildman–Crippen LogP) is 1.41. The number of nitrogens with zero attached hydrogens (tertiary/aromatic N) is 4. The van der Waals surface area contributed by atoms with Gasteiger partial charge in [0.25, 0.3) is 5.91 Å². The molecule has 0 saturated carbocycles. The van der Waals surface area contributed by atoms with Crippen LogP contribution in [-0.2, 0) is 4.79 Å². The van der Waals surface area contributed by atoms with Crippen LogP contribution in [0.2, 0.25) is 0 Å². The number of carbonyl (C=O) groups is 2. The summed E-state index contributed by atoms with van der Waals surface area (Å²) in [6, 6.07) is 4.12. The summed E-state index contributed by atoms with van der Waals surface area (Å²) >= 11 is 1.49. The highest BCUT2D eigenvalue weighted by atomic mass is 32.1. The fourth-order valence-corrected chi connectivity index (χ4v) is 4.35. The minimum Gasteiger partial charge on any atom is -0.337 e. The highest BCUT2D eigenvalue weighted by molar-refractivity contribution is 7.08. The number of piperazine rings is 1. The number of rotatable bonds is 3. The second kappa shape index (κ2) is 6.54. The van der Waals surface area contributed by atoms with Crippen LogP contribution in [0.5, 0.6) is 0 Å². The molecule has 0 aliphatic carbocycles. The van der Waals surface area contributed by atoms with Crippen molar-refractivity contribution in [3.05, 3.63) is 22.4 Å². The smallest absolute Gasteiger partial charge is 0.254 e. The summed E-state index contributed by atoms with van der Waals surface area (Å²) in [5.74, 6) is 0.0270. The van der Waals surface area contributed by atoms with Gasteiger partial charge < -0.3 is 9.80 Å². The van der Waals surface area contributed by atoms with Gasteiger partial charge in [0.1, 0.15) is 5.54 Å². The van der Waals surface area contributed by atoms with Gasteiger partial charge in [-0.3, -0.25) is 14.5 Å². The Morgan fingerprint density at radius 1 is 1.42 bits per heavy atom. The maximum Gasteiger partial charge on any atom is 0.254 e. The molecule has 24 heavy (non-hydrogen) atoms. The highest BCUT2D eigenvalue weighted by Crippen LogP contribution is 2.34.